The zero-order valence-corrected chi connectivity index (χ0v) is 10.9. The number of carbonyl (C=O) groups excluding carboxylic acids is 1. The fourth-order valence-electron chi connectivity index (χ4n) is 2.37. The van der Waals surface area contributed by atoms with E-state index >= 15 is 0 Å². The second kappa shape index (κ2) is 6.29. The fourth-order valence-corrected chi connectivity index (χ4v) is 2.37. The Balaban J connectivity index is 2.13. The first kappa shape index (κ1) is 14.2. The summed E-state index contributed by atoms with van der Waals surface area (Å²) in [5.41, 5.74) is 0.363. The average molecular weight is 276 g/mol. The predicted molar refractivity (Wildman–Crippen MR) is 74.0 cm³/mol. The molecule has 0 bridgehead atoms. The van der Waals surface area contributed by atoms with Crippen LogP contribution in [0, 0.1) is 10.1 Å². The highest BCUT2D eigenvalue weighted by Gasteiger charge is 2.26. The number of amides is 1. The smallest absolute Gasteiger partial charge is 0.276 e. The number of para-hydroxylation sites is 1. The Kier molecular flexibility index (Phi) is 4.47. The van der Waals surface area contributed by atoms with Crippen molar-refractivity contribution in [3.8, 4) is 0 Å². The summed E-state index contributed by atoms with van der Waals surface area (Å²) in [7, 11) is 0. The molecule has 20 heavy (non-hydrogen) atoms. The van der Waals surface area contributed by atoms with Crippen LogP contribution in [0.5, 0.6) is 0 Å². The third-order valence-corrected chi connectivity index (χ3v) is 3.41. The van der Waals surface area contributed by atoms with Crippen LogP contribution in [0.15, 0.2) is 30.3 Å². The molecule has 1 N–H and O–H groups in total. The Bertz CT molecular complexity index is 542. The topological polar surface area (TPSA) is 83.7 Å². The Morgan fingerprint density at radius 3 is 2.95 bits per heavy atom. The highest BCUT2D eigenvalue weighted by atomic mass is 16.6. The van der Waals surface area contributed by atoms with E-state index in [2.05, 4.69) is 0 Å². The number of nitro benzene ring substituents is 1. The molecular formula is C14H16N2O4. The van der Waals surface area contributed by atoms with E-state index < -0.39 is 4.92 Å². The van der Waals surface area contributed by atoms with Gasteiger partial charge in [-0.1, -0.05) is 12.1 Å². The molecule has 6 heteroatoms. The highest BCUT2D eigenvalue weighted by Crippen LogP contribution is 2.20. The maximum absolute atomic E-state index is 12.0. The lowest BCUT2D eigenvalue weighted by Gasteiger charge is -2.21. The maximum Gasteiger partial charge on any atom is 0.276 e. The van der Waals surface area contributed by atoms with Crippen molar-refractivity contribution in [3.63, 3.8) is 0 Å². The molecule has 0 saturated carbocycles. The minimum Gasteiger partial charge on any atom is -0.394 e. The minimum atomic E-state index is -0.476. The van der Waals surface area contributed by atoms with E-state index in [0.717, 1.165) is 12.8 Å². The summed E-state index contributed by atoms with van der Waals surface area (Å²) in [6.45, 7) is 0.566. The van der Waals surface area contributed by atoms with Crippen LogP contribution in [0.25, 0.3) is 6.08 Å². The number of likely N-dealkylation sites (tertiary alicyclic amines) is 1. The Morgan fingerprint density at radius 1 is 1.50 bits per heavy atom. The van der Waals surface area contributed by atoms with Crippen LogP contribution in [0.1, 0.15) is 18.4 Å². The van der Waals surface area contributed by atoms with Gasteiger partial charge in [0.05, 0.1) is 23.1 Å². The van der Waals surface area contributed by atoms with Crippen molar-refractivity contribution < 1.29 is 14.8 Å². The van der Waals surface area contributed by atoms with Gasteiger partial charge in [0.15, 0.2) is 0 Å². The van der Waals surface area contributed by atoms with Crippen LogP contribution < -0.4 is 0 Å². The van der Waals surface area contributed by atoms with Gasteiger partial charge in [-0.2, -0.15) is 0 Å². The van der Waals surface area contributed by atoms with E-state index in [1.54, 1.807) is 23.1 Å². The number of carbonyl (C=O) groups is 1. The first-order chi connectivity index (χ1) is 9.63. The quantitative estimate of drug-likeness (QED) is 0.514. The van der Waals surface area contributed by atoms with Gasteiger partial charge in [0.1, 0.15) is 0 Å². The SMILES string of the molecule is O=C(C=Cc1ccccc1[N+](=O)[O-])N1CCC[C@H]1CO. The molecule has 0 spiro atoms. The molecule has 1 fully saturated rings. The first-order valence-electron chi connectivity index (χ1n) is 6.46. The van der Waals surface area contributed by atoms with Crippen LogP contribution >= 0.6 is 0 Å². The molecule has 2 rings (SSSR count). The molecule has 1 aliphatic heterocycles. The van der Waals surface area contributed by atoms with E-state index in [9.17, 15) is 20.0 Å². The second-order valence-electron chi connectivity index (χ2n) is 4.66. The molecule has 0 aliphatic carbocycles. The molecule has 1 aromatic rings. The Labute approximate surface area is 116 Å². The highest BCUT2D eigenvalue weighted by molar-refractivity contribution is 5.92. The van der Waals surface area contributed by atoms with E-state index in [1.165, 1.54) is 18.2 Å². The van der Waals surface area contributed by atoms with Gasteiger partial charge in [-0.15, -0.1) is 0 Å². The van der Waals surface area contributed by atoms with E-state index in [0.29, 0.717) is 12.1 Å². The van der Waals surface area contributed by atoms with Gasteiger partial charge >= 0.3 is 0 Å². The molecule has 6 nitrogen and oxygen atoms in total. The van der Waals surface area contributed by atoms with Gasteiger partial charge in [-0.05, 0) is 25.0 Å². The van der Waals surface area contributed by atoms with Crippen LogP contribution in [0.3, 0.4) is 0 Å². The van der Waals surface area contributed by atoms with Crippen molar-refractivity contribution >= 4 is 17.7 Å². The van der Waals surface area contributed by atoms with Crippen molar-refractivity contribution in [3.05, 3.63) is 46.0 Å². The molecule has 1 aromatic carbocycles. The van der Waals surface area contributed by atoms with Crippen molar-refractivity contribution in [2.45, 2.75) is 18.9 Å². The van der Waals surface area contributed by atoms with E-state index in [-0.39, 0.29) is 24.2 Å². The lowest BCUT2D eigenvalue weighted by molar-refractivity contribution is -0.385. The van der Waals surface area contributed by atoms with Crippen molar-refractivity contribution in [2.75, 3.05) is 13.2 Å². The number of aliphatic hydroxyl groups is 1. The van der Waals surface area contributed by atoms with Gasteiger partial charge in [0, 0.05) is 18.7 Å². The normalized spacial score (nSPS) is 18.6. The zero-order chi connectivity index (χ0) is 14.5. The number of aliphatic hydroxyl groups excluding tert-OH is 1. The Hall–Kier alpha value is -2.21. The molecule has 1 aliphatic rings. The predicted octanol–water partition coefficient (Wildman–Crippen LogP) is 1.59. The average Bonchev–Trinajstić information content (AvgIpc) is 2.93. The number of nitrogens with zero attached hydrogens (tertiary/aromatic N) is 2. The summed E-state index contributed by atoms with van der Waals surface area (Å²) < 4.78 is 0. The van der Waals surface area contributed by atoms with Gasteiger partial charge in [-0.25, -0.2) is 0 Å². The summed E-state index contributed by atoms with van der Waals surface area (Å²) >= 11 is 0. The van der Waals surface area contributed by atoms with E-state index in [4.69, 9.17) is 0 Å². The fraction of sp³-hybridized carbons (Fsp3) is 0.357. The van der Waals surface area contributed by atoms with Crippen LogP contribution in [-0.2, 0) is 4.79 Å². The molecule has 0 radical (unpaired) electrons. The van der Waals surface area contributed by atoms with Gasteiger partial charge in [-0.3, -0.25) is 14.9 Å². The molecule has 0 unspecified atom stereocenters. The van der Waals surface area contributed by atoms with Crippen LogP contribution in [-0.4, -0.2) is 40.0 Å². The molecule has 1 amide bonds. The maximum atomic E-state index is 12.0. The number of hydrogen-bond donors (Lipinski definition) is 1. The monoisotopic (exact) mass is 276 g/mol. The standard InChI is InChI=1S/C14H16N2O4/c17-10-12-5-3-9-15(12)14(18)8-7-11-4-1-2-6-13(11)16(19)20/h1-2,4,6-8,12,17H,3,5,9-10H2/t12-/m0/s1. The number of hydrogen-bond acceptors (Lipinski definition) is 4. The minimum absolute atomic E-state index is 0.0309. The van der Waals surface area contributed by atoms with E-state index in [1.807, 2.05) is 0 Å². The summed E-state index contributed by atoms with van der Waals surface area (Å²) in [5, 5.41) is 20.0. The van der Waals surface area contributed by atoms with Gasteiger partial charge < -0.3 is 10.0 Å². The third-order valence-electron chi connectivity index (χ3n) is 3.41. The summed E-state index contributed by atoms with van der Waals surface area (Å²) in [5.74, 6) is -0.222. The van der Waals surface area contributed by atoms with Crippen molar-refractivity contribution in [1.29, 1.82) is 0 Å². The summed E-state index contributed by atoms with van der Waals surface area (Å²) in [6, 6.07) is 6.12. The Morgan fingerprint density at radius 2 is 2.25 bits per heavy atom. The molecule has 1 atom stereocenters. The van der Waals surface area contributed by atoms with Crippen LogP contribution in [0.2, 0.25) is 0 Å². The third kappa shape index (κ3) is 3.03. The van der Waals surface area contributed by atoms with Gasteiger partial charge in [0.25, 0.3) is 5.69 Å². The van der Waals surface area contributed by atoms with Crippen molar-refractivity contribution in [1.82, 2.24) is 4.90 Å². The molecule has 106 valence electrons. The first-order valence-corrected chi connectivity index (χ1v) is 6.46. The summed E-state index contributed by atoms with van der Waals surface area (Å²) in [6.07, 6.45) is 4.45. The number of rotatable bonds is 4. The lowest BCUT2D eigenvalue weighted by atomic mass is 10.1. The number of benzene rings is 1. The van der Waals surface area contributed by atoms with Crippen molar-refractivity contribution in [2.24, 2.45) is 0 Å². The van der Waals surface area contributed by atoms with Crippen LogP contribution in [0.4, 0.5) is 5.69 Å². The molecule has 1 saturated heterocycles. The van der Waals surface area contributed by atoms with Gasteiger partial charge in [0.2, 0.25) is 5.91 Å². The largest absolute Gasteiger partial charge is 0.394 e. The second-order valence-corrected chi connectivity index (χ2v) is 4.66. The number of nitro groups is 1. The molecular weight excluding hydrogens is 260 g/mol. The lowest BCUT2D eigenvalue weighted by Crippen LogP contribution is -2.36. The summed E-state index contributed by atoms with van der Waals surface area (Å²) in [4.78, 5) is 24.0. The molecule has 1 heterocycles. The zero-order valence-electron chi connectivity index (χ0n) is 10.9. The molecule has 0 aromatic heterocycles.